The Labute approximate surface area is 170 Å². The first-order valence-electron chi connectivity index (χ1n) is 7.85. The lowest BCUT2D eigenvalue weighted by atomic mass is 10.1. The van der Waals surface area contributed by atoms with E-state index < -0.39 is 11.2 Å². The molecule has 2 aromatic rings. The van der Waals surface area contributed by atoms with Gasteiger partial charge in [-0.15, -0.1) is 0 Å². The Kier molecular flexibility index (Phi) is 5.76. The molecule has 0 aliphatic carbocycles. The summed E-state index contributed by atoms with van der Waals surface area (Å²) < 4.78 is 0. The minimum atomic E-state index is -0.879. The van der Waals surface area contributed by atoms with Crippen molar-refractivity contribution in [1.82, 2.24) is 0 Å². The van der Waals surface area contributed by atoms with Gasteiger partial charge >= 0.3 is 0 Å². The molecular formula is C19H13Cl2N3O2S. The molecule has 1 atom stereocenters. The van der Waals surface area contributed by atoms with Crippen LogP contribution >= 0.6 is 35.0 Å². The van der Waals surface area contributed by atoms with Crippen molar-refractivity contribution in [3.05, 3.63) is 74.7 Å². The topological polar surface area (TPSA) is 87.2 Å². The van der Waals surface area contributed by atoms with Gasteiger partial charge in [-0.1, -0.05) is 47.1 Å². The van der Waals surface area contributed by atoms with Crippen LogP contribution in [0.3, 0.4) is 0 Å². The third-order valence-corrected chi connectivity index (χ3v) is 5.67. The van der Waals surface area contributed by atoms with E-state index in [1.165, 1.54) is 4.90 Å². The third kappa shape index (κ3) is 4.11. The first-order valence-corrected chi connectivity index (χ1v) is 9.49. The summed E-state index contributed by atoms with van der Waals surface area (Å²) in [6.07, 6.45) is 0.398. The van der Waals surface area contributed by atoms with E-state index in [-0.39, 0.29) is 16.5 Å². The number of halogens is 2. The monoisotopic (exact) mass is 417 g/mol. The normalized spacial score (nSPS) is 18.3. The van der Waals surface area contributed by atoms with Crippen LogP contribution in [0.5, 0.6) is 0 Å². The van der Waals surface area contributed by atoms with E-state index >= 15 is 0 Å². The summed E-state index contributed by atoms with van der Waals surface area (Å²) in [7, 11) is 0. The van der Waals surface area contributed by atoms with Gasteiger partial charge in [-0.3, -0.25) is 14.5 Å². The van der Waals surface area contributed by atoms with Gasteiger partial charge in [0, 0.05) is 15.7 Å². The zero-order valence-electron chi connectivity index (χ0n) is 13.9. The average Bonchev–Trinajstić information content (AvgIpc) is 2.92. The van der Waals surface area contributed by atoms with Crippen molar-refractivity contribution in [1.29, 1.82) is 5.26 Å². The zero-order valence-corrected chi connectivity index (χ0v) is 16.2. The average molecular weight is 418 g/mol. The number of primary amides is 1. The van der Waals surface area contributed by atoms with Crippen LogP contribution in [0.2, 0.25) is 10.0 Å². The van der Waals surface area contributed by atoms with Crippen LogP contribution in [-0.4, -0.2) is 17.1 Å². The molecule has 1 fully saturated rings. The molecule has 0 aromatic heterocycles. The third-order valence-electron chi connectivity index (χ3n) is 3.92. The second kappa shape index (κ2) is 8.05. The molecule has 1 heterocycles. The van der Waals surface area contributed by atoms with Crippen molar-refractivity contribution in [2.75, 3.05) is 4.90 Å². The van der Waals surface area contributed by atoms with E-state index in [1.54, 1.807) is 42.5 Å². The first kappa shape index (κ1) is 19.3. The fourth-order valence-corrected chi connectivity index (χ4v) is 4.36. The maximum absolute atomic E-state index is 13.1. The number of carbonyl (C=O) groups is 2. The predicted octanol–water partition coefficient (Wildman–Crippen LogP) is 3.90. The molecule has 136 valence electrons. The Hall–Kier alpha value is -2.46. The molecule has 0 bridgehead atoms. The van der Waals surface area contributed by atoms with Crippen LogP contribution in [0.4, 0.5) is 5.69 Å². The van der Waals surface area contributed by atoms with Crippen LogP contribution in [0, 0.1) is 11.3 Å². The van der Waals surface area contributed by atoms with Crippen LogP contribution < -0.4 is 10.6 Å². The van der Waals surface area contributed by atoms with Crippen molar-refractivity contribution in [3.63, 3.8) is 0 Å². The zero-order chi connectivity index (χ0) is 19.6. The summed E-state index contributed by atoms with van der Waals surface area (Å²) in [6.45, 7) is 0. The molecular weight excluding hydrogens is 405 g/mol. The summed E-state index contributed by atoms with van der Waals surface area (Å²) in [5.41, 5.74) is 6.48. The Balaban J connectivity index is 2.03. The molecule has 1 unspecified atom stereocenters. The quantitative estimate of drug-likeness (QED) is 0.603. The largest absolute Gasteiger partial charge is 0.365 e. The van der Waals surface area contributed by atoms with Crippen molar-refractivity contribution < 1.29 is 9.59 Å². The van der Waals surface area contributed by atoms with Gasteiger partial charge in [-0.2, -0.15) is 5.26 Å². The van der Waals surface area contributed by atoms with E-state index in [2.05, 4.69) is 0 Å². The molecule has 2 amide bonds. The van der Waals surface area contributed by atoms with E-state index in [0.29, 0.717) is 22.2 Å². The number of thioether (sulfide) groups is 1. The van der Waals surface area contributed by atoms with Crippen molar-refractivity contribution >= 4 is 52.5 Å². The highest BCUT2D eigenvalue weighted by Crippen LogP contribution is 2.42. The minimum absolute atomic E-state index is 0.226. The maximum atomic E-state index is 13.1. The molecule has 2 aromatic carbocycles. The molecule has 0 spiro atoms. The van der Waals surface area contributed by atoms with Gasteiger partial charge in [0.1, 0.15) is 16.7 Å². The van der Waals surface area contributed by atoms with Gasteiger partial charge in [0.2, 0.25) is 5.91 Å². The number of nitriles is 1. The molecule has 2 N–H and O–H groups in total. The molecule has 1 saturated heterocycles. The van der Waals surface area contributed by atoms with Gasteiger partial charge in [-0.05, 0) is 48.4 Å². The summed E-state index contributed by atoms with van der Waals surface area (Å²) >= 11 is 13.1. The lowest BCUT2D eigenvalue weighted by Gasteiger charge is -2.18. The summed E-state index contributed by atoms with van der Waals surface area (Å²) in [6, 6.07) is 15.6. The van der Waals surface area contributed by atoms with Gasteiger partial charge in [-0.25, -0.2) is 0 Å². The number of rotatable bonds is 4. The highest BCUT2D eigenvalue weighted by Gasteiger charge is 2.40. The standard InChI is InChI=1S/C19H13Cl2N3O2S/c20-12-4-6-14(7-5-12)24-18(26)16(9-11-2-1-3-13(21)8-11)27-19(24)15(10-22)17(23)25/h1-8,16H,9H2,(H2,23,25). The fourth-order valence-electron chi connectivity index (χ4n) is 2.70. The Bertz CT molecular complexity index is 983. The second-order valence-corrected chi connectivity index (χ2v) is 7.81. The maximum Gasteiger partial charge on any atom is 0.262 e. The number of anilines is 1. The highest BCUT2D eigenvalue weighted by atomic mass is 35.5. The molecule has 0 radical (unpaired) electrons. The number of hydrogen-bond donors (Lipinski definition) is 1. The van der Waals surface area contributed by atoms with Gasteiger partial charge < -0.3 is 5.73 Å². The van der Waals surface area contributed by atoms with E-state index in [1.807, 2.05) is 12.1 Å². The number of amides is 2. The number of nitrogens with zero attached hydrogens (tertiary/aromatic N) is 2. The van der Waals surface area contributed by atoms with Crippen molar-refractivity contribution in [2.45, 2.75) is 11.7 Å². The van der Waals surface area contributed by atoms with Gasteiger partial charge in [0.25, 0.3) is 5.91 Å². The number of nitrogens with two attached hydrogens (primary N) is 1. The smallest absolute Gasteiger partial charge is 0.262 e. The molecule has 5 nitrogen and oxygen atoms in total. The van der Waals surface area contributed by atoms with Gasteiger partial charge in [0.15, 0.2) is 0 Å². The number of hydrogen-bond acceptors (Lipinski definition) is 4. The molecule has 0 saturated carbocycles. The summed E-state index contributed by atoms with van der Waals surface area (Å²) in [5.74, 6) is -1.12. The van der Waals surface area contributed by atoms with Crippen LogP contribution in [0.1, 0.15) is 5.56 Å². The second-order valence-electron chi connectivity index (χ2n) is 5.75. The summed E-state index contributed by atoms with van der Waals surface area (Å²) in [5, 5.41) is 10.2. The van der Waals surface area contributed by atoms with Crippen LogP contribution in [-0.2, 0) is 16.0 Å². The Morgan fingerprint density at radius 3 is 2.48 bits per heavy atom. The first-order chi connectivity index (χ1) is 12.9. The molecule has 3 rings (SSSR count). The summed E-state index contributed by atoms with van der Waals surface area (Å²) in [4.78, 5) is 26.1. The van der Waals surface area contributed by atoms with Crippen molar-refractivity contribution in [2.24, 2.45) is 5.73 Å². The fraction of sp³-hybridized carbons (Fsp3) is 0.105. The minimum Gasteiger partial charge on any atom is -0.365 e. The predicted molar refractivity (Wildman–Crippen MR) is 107 cm³/mol. The van der Waals surface area contributed by atoms with Crippen LogP contribution in [0.25, 0.3) is 0 Å². The Morgan fingerprint density at radius 1 is 1.19 bits per heavy atom. The molecule has 1 aliphatic heterocycles. The Morgan fingerprint density at radius 2 is 1.89 bits per heavy atom. The van der Waals surface area contributed by atoms with E-state index in [4.69, 9.17) is 28.9 Å². The van der Waals surface area contributed by atoms with Gasteiger partial charge in [0.05, 0.1) is 5.25 Å². The molecule has 8 heteroatoms. The molecule has 1 aliphatic rings. The van der Waals surface area contributed by atoms with E-state index in [0.717, 1.165) is 17.3 Å². The van der Waals surface area contributed by atoms with E-state index in [9.17, 15) is 14.9 Å². The number of benzene rings is 2. The highest BCUT2D eigenvalue weighted by molar-refractivity contribution is 8.05. The molecule has 27 heavy (non-hydrogen) atoms. The van der Waals surface area contributed by atoms with Crippen molar-refractivity contribution in [3.8, 4) is 6.07 Å². The SMILES string of the molecule is N#CC(C(N)=O)=C1SC(Cc2cccc(Cl)c2)C(=O)N1c1ccc(Cl)cc1. The van der Waals surface area contributed by atoms with Crippen LogP contribution in [0.15, 0.2) is 59.1 Å². The number of carbonyl (C=O) groups excluding carboxylic acids is 2. The lowest BCUT2D eigenvalue weighted by Crippen LogP contribution is -2.31. The lowest BCUT2D eigenvalue weighted by molar-refractivity contribution is -0.117.